The Morgan fingerprint density at radius 2 is 2.00 bits per heavy atom. The topological polar surface area (TPSA) is 67.4 Å². The Morgan fingerprint density at radius 3 is 2.70 bits per heavy atom. The third kappa shape index (κ3) is 4.16. The van der Waals surface area contributed by atoms with Gasteiger partial charge in [-0.2, -0.15) is 0 Å². The minimum absolute atomic E-state index is 0.0807. The minimum atomic E-state index is -0.300. The Bertz CT molecular complexity index is 617. The monoisotopic (exact) mass is 356 g/mol. The lowest BCUT2D eigenvalue weighted by atomic mass is 10.2. The van der Waals surface area contributed by atoms with Gasteiger partial charge in [-0.15, -0.1) is 0 Å². The molecule has 1 aliphatic heterocycles. The van der Waals surface area contributed by atoms with E-state index in [2.05, 4.69) is 10.6 Å². The van der Waals surface area contributed by atoms with Gasteiger partial charge in [0.05, 0.1) is 28.6 Å². The zero-order valence-electron chi connectivity index (χ0n) is 12.5. The highest BCUT2D eigenvalue weighted by Crippen LogP contribution is 2.40. The number of hydrogen-bond donors (Lipinski definition) is 2. The van der Waals surface area contributed by atoms with Crippen molar-refractivity contribution in [2.75, 3.05) is 18.5 Å². The summed E-state index contributed by atoms with van der Waals surface area (Å²) in [5, 5.41) is 6.50. The number of benzene rings is 1. The van der Waals surface area contributed by atoms with Crippen LogP contribution in [0.2, 0.25) is 10.0 Å². The summed E-state index contributed by atoms with van der Waals surface area (Å²) in [6.45, 7) is 1.28. The lowest BCUT2D eigenvalue weighted by molar-refractivity contribution is -0.125. The first-order chi connectivity index (χ1) is 11.0. The summed E-state index contributed by atoms with van der Waals surface area (Å²) in [5.41, 5.74) is 0.506. The Labute approximate surface area is 144 Å². The number of halogens is 2. The van der Waals surface area contributed by atoms with Gasteiger partial charge in [0.1, 0.15) is 0 Å². The molecule has 5 nitrogen and oxygen atoms in total. The smallest absolute Gasteiger partial charge is 0.228 e. The molecule has 2 fully saturated rings. The Kier molecular flexibility index (Phi) is 5.09. The number of carbonyl (C=O) groups is 2. The third-order valence-electron chi connectivity index (χ3n) is 4.18. The van der Waals surface area contributed by atoms with Crippen molar-refractivity contribution >= 4 is 40.7 Å². The number of amides is 2. The maximum Gasteiger partial charge on any atom is 0.228 e. The van der Waals surface area contributed by atoms with E-state index in [0.717, 1.165) is 19.4 Å². The molecular weight excluding hydrogens is 339 g/mol. The average Bonchev–Trinajstić information content (AvgIpc) is 3.16. The van der Waals surface area contributed by atoms with E-state index < -0.39 is 0 Å². The van der Waals surface area contributed by atoms with Gasteiger partial charge in [0, 0.05) is 18.2 Å². The SMILES string of the molecule is O=C(NCC1CCCO1)C1CC1C(=O)Nc1ccc(Cl)cc1Cl. The van der Waals surface area contributed by atoms with Crippen LogP contribution in [0.3, 0.4) is 0 Å². The van der Waals surface area contributed by atoms with E-state index in [-0.39, 0.29) is 29.8 Å². The standard InChI is InChI=1S/C16H18Cl2N2O3/c17-9-3-4-14(13(18)6-9)20-16(22)12-7-11(12)15(21)19-8-10-2-1-5-23-10/h3-4,6,10-12H,1-2,5,7-8H2,(H,19,21)(H,20,22). The molecule has 3 unspecified atom stereocenters. The Hall–Kier alpha value is -1.30. The van der Waals surface area contributed by atoms with Crippen molar-refractivity contribution in [3.63, 3.8) is 0 Å². The highest BCUT2D eigenvalue weighted by atomic mass is 35.5. The number of hydrogen-bond acceptors (Lipinski definition) is 3. The van der Waals surface area contributed by atoms with Crippen LogP contribution < -0.4 is 10.6 Å². The fraction of sp³-hybridized carbons (Fsp3) is 0.500. The minimum Gasteiger partial charge on any atom is -0.376 e. The molecule has 1 saturated carbocycles. The Balaban J connectivity index is 1.47. The molecule has 3 rings (SSSR count). The van der Waals surface area contributed by atoms with Gasteiger partial charge in [0.15, 0.2) is 0 Å². The number of nitrogens with one attached hydrogen (secondary N) is 2. The number of anilines is 1. The quantitative estimate of drug-likeness (QED) is 0.852. The molecule has 23 heavy (non-hydrogen) atoms. The second kappa shape index (κ2) is 7.07. The summed E-state index contributed by atoms with van der Waals surface area (Å²) >= 11 is 11.8. The van der Waals surface area contributed by atoms with E-state index in [9.17, 15) is 9.59 Å². The van der Waals surface area contributed by atoms with Crippen LogP contribution in [-0.2, 0) is 14.3 Å². The van der Waals surface area contributed by atoms with Crippen molar-refractivity contribution < 1.29 is 14.3 Å². The summed E-state index contributed by atoms with van der Waals surface area (Å²) in [5.74, 6) is -0.830. The number of ether oxygens (including phenoxy) is 1. The molecule has 1 aliphatic carbocycles. The van der Waals surface area contributed by atoms with Crippen LogP contribution in [0, 0.1) is 11.8 Å². The first-order valence-electron chi connectivity index (χ1n) is 7.70. The normalized spacial score (nSPS) is 25.9. The third-order valence-corrected chi connectivity index (χ3v) is 4.73. The zero-order valence-corrected chi connectivity index (χ0v) is 14.0. The maximum atomic E-state index is 12.2. The number of carbonyl (C=O) groups excluding carboxylic acids is 2. The maximum absolute atomic E-state index is 12.2. The van der Waals surface area contributed by atoms with Crippen LogP contribution >= 0.6 is 23.2 Å². The summed E-state index contributed by atoms with van der Waals surface area (Å²) in [6, 6.07) is 4.87. The van der Waals surface area contributed by atoms with Gasteiger partial charge in [-0.05, 0) is 37.5 Å². The molecule has 124 valence electrons. The molecule has 1 aromatic rings. The fourth-order valence-corrected chi connectivity index (χ4v) is 3.20. The second-order valence-electron chi connectivity index (χ2n) is 5.94. The van der Waals surface area contributed by atoms with Crippen molar-refractivity contribution in [3.05, 3.63) is 28.2 Å². The van der Waals surface area contributed by atoms with Crippen LogP contribution in [-0.4, -0.2) is 31.1 Å². The lowest BCUT2D eigenvalue weighted by Crippen LogP contribution is -2.33. The van der Waals surface area contributed by atoms with Gasteiger partial charge in [0.25, 0.3) is 0 Å². The molecule has 1 saturated heterocycles. The summed E-state index contributed by atoms with van der Waals surface area (Å²) in [4.78, 5) is 24.2. The van der Waals surface area contributed by atoms with E-state index in [0.29, 0.717) is 28.7 Å². The zero-order chi connectivity index (χ0) is 16.4. The molecule has 2 N–H and O–H groups in total. The van der Waals surface area contributed by atoms with Crippen molar-refractivity contribution in [1.29, 1.82) is 0 Å². The van der Waals surface area contributed by atoms with Crippen molar-refractivity contribution in [2.45, 2.75) is 25.4 Å². The van der Waals surface area contributed by atoms with E-state index in [1.807, 2.05) is 0 Å². The lowest BCUT2D eigenvalue weighted by Gasteiger charge is -2.11. The predicted octanol–water partition coefficient (Wildman–Crippen LogP) is 2.86. The molecule has 1 heterocycles. The van der Waals surface area contributed by atoms with Crippen molar-refractivity contribution in [1.82, 2.24) is 5.32 Å². The molecule has 0 aromatic heterocycles. The summed E-state index contributed by atoms with van der Waals surface area (Å²) < 4.78 is 5.46. The van der Waals surface area contributed by atoms with Crippen molar-refractivity contribution in [2.24, 2.45) is 11.8 Å². The van der Waals surface area contributed by atoms with Crippen LogP contribution in [0.5, 0.6) is 0 Å². The molecule has 1 aromatic carbocycles. The molecule has 0 bridgehead atoms. The van der Waals surface area contributed by atoms with Crippen LogP contribution in [0.25, 0.3) is 0 Å². The first kappa shape index (κ1) is 16.6. The van der Waals surface area contributed by atoms with Gasteiger partial charge in [0.2, 0.25) is 11.8 Å². The summed E-state index contributed by atoms with van der Waals surface area (Å²) in [7, 11) is 0. The van der Waals surface area contributed by atoms with Crippen LogP contribution in [0.15, 0.2) is 18.2 Å². The molecule has 3 atom stereocenters. The van der Waals surface area contributed by atoms with E-state index in [1.165, 1.54) is 0 Å². The molecule has 7 heteroatoms. The highest BCUT2D eigenvalue weighted by molar-refractivity contribution is 6.36. The number of rotatable bonds is 5. The average molecular weight is 357 g/mol. The van der Waals surface area contributed by atoms with Crippen LogP contribution in [0.1, 0.15) is 19.3 Å². The van der Waals surface area contributed by atoms with Gasteiger partial charge in [-0.25, -0.2) is 0 Å². The van der Waals surface area contributed by atoms with E-state index in [4.69, 9.17) is 27.9 Å². The van der Waals surface area contributed by atoms with Crippen LogP contribution in [0.4, 0.5) is 5.69 Å². The fourth-order valence-electron chi connectivity index (χ4n) is 2.74. The first-order valence-corrected chi connectivity index (χ1v) is 8.45. The van der Waals surface area contributed by atoms with Gasteiger partial charge in [-0.1, -0.05) is 23.2 Å². The largest absolute Gasteiger partial charge is 0.376 e. The summed E-state index contributed by atoms with van der Waals surface area (Å²) in [6.07, 6.45) is 2.69. The van der Waals surface area contributed by atoms with E-state index in [1.54, 1.807) is 18.2 Å². The van der Waals surface area contributed by atoms with Crippen molar-refractivity contribution in [3.8, 4) is 0 Å². The molecular formula is C16H18Cl2N2O3. The Morgan fingerprint density at radius 1 is 1.22 bits per heavy atom. The molecule has 0 spiro atoms. The van der Waals surface area contributed by atoms with Gasteiger partial charge < -0.3 is 15.4 Å². The predicted molar refractivity (Wildman–Crippen MR) is 88.7 cm³/mol. The molecule has 2 amide bonds. The van der Waals surface area contributed by atoms with E-state index >= 15 is 0 Å². The van der Waals surface area contributed by atoms with Gasteiger partial charge in [-0.3, -0.25) is 9.59 Å². The second-order valence-corrected chi connectivity index (χ2v) is 6.79. The van der Waals surface area contributed by atoms with Gasteiger partial charge >= 0.3 is 0 Å². The molecule has 2 aliphatic rings. The highest BCUT2D eigenvalue weighted by Gasteiger charge is 2.48. The molecule has 0 radical (unpaired) electrons.